The molecule has 1 saturated heterocycles. The Kier molecular flexibility index (Phi) is 11.3. The highest BCUT2D eigenvalue weighted by atomic mass is 32.2. The molecule has 1 aliphatic heterocycles. The van der Waals surface area contributed by atoms with Crippen LogP contribution in [0, 0.1) is 17.6 Å². The van der Waals surface area contributed by atoms with Crippen molar-refractivity contribution in [3.63, 3.8) is 0 Å². The molecular formula is C35H37F2N3O7S. The van der Waals surface area contributed by atoms with Gasteiger partial charge in [-0.3, -0.25) is 14.4 Å². The summed E-state index contributed by atoms with van der Waals surface area (Å²) >= 11 is 1.22. The summed E-state index contributed by atoms with van der Waals surface area (Å²) in [6, 6.07) is 16.9. The largest absolute Gasteiger partial charge is 0.484 e. The molecule has 1 unspecified atom stereocenters. The highest BCUT2D eigenvalue weighted by Gasteiger charge is 2.56. The molecule has 5 N–H and O–H groups in total. The minimum absolute atomic E-state index is 0.137. The molecule has 3 aromatic carbocycles. The third-order valence-electron chi connectivity index (χ3n) is 8.76. The van der Waals surface area contributed by atoms with E-state index in [4.69, 9.17) is 4.74 Å². The highest BCUT2D eigenvalue weighted by Crippen LogP contribution is 2.46. The molecule has 1 saturated carbocycles. The van der Waals surface area contributed by atoms with Crippen molar-refractivity contribution in [3.8, 4) is 5.75 Å². The molecule has 48 heavy (non-hydrogen) atoms. The van der Waals surface area contributed by atoms with E-state index in [2.05, 4.69) is 16.0 Å². The number of hydrogen-bond donors (Lipinski definition) is 5. The molecule has 13 heteroatoms. The molecule has 0 aromatic heterocycles. The molecule has 0 spiro atoms. The van der Waals surface area contributed by atoms with Crippen LogP contribution in [0.5, 0.6) is 5.75 Å². The third kappa shape index (κ3) is 8.13. The van der Waals surface area contributed by atoms with E-state index in [9.17, 15) is 38.2 Å². The summed E-state index contributed by atoms with van der Waals surface area (Å²) in [5.41, 5.74) is 0.720. The van der Waals surface area contributed by atoms with Gasteiger partial charge < -0.3 is 30.9 Å². The maximum Gasteiger partial charge on any atom is 0.326 e. The SMILES string of the molecule is O=C(COc1ccc([C@]2(c3ccc(F)cc3)NC(=O)[C@@H]2SCC(O)c2ccc(F)cc2)cc1)NCC(=O)N[C@@H](C(=O)O)C1CCCCC1. The van der Waals surface area contributed by atoms with Crippen LogP contribution >= 0.6 is 11.8 Å². The summed E-state index contributed by atoms with van der Waals surface area (Å²) in [5.74, 6) is -3.09. The smallest absolute Gasteiger partial charge is 0.326 e. The van der Waals surface area contributed by atoms with Crippen molar-refractivity contribution in [2.24, 2.45) is 5.92 Å². The Morgan fingerprint density at radius 1 is 0.896 bits per heavy atom. The number of hydrogen-bond acceptors (Lipinski definition) is 7. The maximum absolute atomic E-state index is 13.9. The Hall–Kier alpha value is -4.49. The second-order valence-corrected chi connectivity index (χ2v) is 13.1. The zero-order valence-electron chi connectivity index (χ0n) is 26.0. The zero-order valence-corrected chi connectivity index (χ0v) is 26.8. The monoisotopic (exact) mass is 681 g/mol. The van der Waals surface area contributed by atoms with Crippen LogP contribution < -0.4 is 20.7 Å². The molecule has 5 rings (SSSR count). The second kappa shape index (κ2) is 15.6. The number of nitrogens with one attached hydrogen (secondary N) is 3. The van der Waals surface area contributed by atoms with Gasteiger partial charge in [0.1, 0.15) is 34.2 Å². The molecule has 254 valence electrons. The van der Waals surface area contributed by atoms with Gasteiger partial charge in [0.05, 0.1) is 12.6 Å². The van der Waals surface area contributed by atoms with Gasteiger partial charge in [-0.2, -0.15) is 0 Å². The second-order valence-electron chi connectivity index (χ2n) is 12.0. The van der Waals surface area contributed by atoms with Crippen molar-refractivity contribution < 1.29 is 42.9 Å². The number of aliphatic carboxylic acids is 1. The van der Waals surface area contributed by atoms with Gasteiger partial charge in [-0.1, -0.05) is 55.7 Å². The number of carboxylic acids is 1. The minimum atomic E-state index is -1.09. The standard InChI is InChI=1S/C35H37F2N3O7S/c36-25-12-6-21(7-13-25)28(41)20-48-32-33(44)40-35(32,23-8-14-26(37)15-9-23)24-10-16-27(17-11-24)47-19-30(43)38-18-29(42)39-31(34(45)46)22-4-2-1-3-5-22/h6-17,22,28,31-32,41H,1-5,18-20H2,(H,38,43)(H,39,42)(H,40,44)(H,45,46)/t28?,31-,32+,35+/m1/s1. The molecule has 0 bridgehead atoms. The molecule has 2 fully saturated rings. The van der Waals surface area contributed by atoms with E-state index >= 15 is 0 Å². The molecule has 10 nitrogen and oxygen atoms in total. The molecule has 3 aromatic rings. The number of ether oxygens (including phenoxy) is 1. The van der Waals surface area contributed by atoms with E-state index in [1.807, 2.05) is 0 Å². The predicted molar refractivity (Wildman–Crippen MR) is 174 cm³/mol. The van der Waals surface area contributed by atoms with Crippen molar-refractivity contribution in [2.75, 3.05) is 18.9 Å². The van der Waals surface area contributed by atoms with Crippen LogP contribution in [0.4, 0.5) is 8.78 Å². The highest BCUT2D eigenvalue weighted by molar-refractivity contribution is 8.00. The normalized spacial score (nSPS) is 20.5. The number of aliphatic hydroxyl groups is 1. The van der Waals surface area contributed by atoms with Gasteiger partial charge in [-0.25, -0.2) is 13.6 Å². The fourth-order valence-electron chi connectivity index (χ4n) is 6.21. The first-order chi connectivity index (χ1) is 23.1. The number of β-lactam (4-membered cyclic amide) rings is 1. The Balaban J connectivity index is 1.20. The minimum Gasteiger partial charge on any atom is -0.484 e. The number of carboxylic acid groups (broad SMARTS) is 1. The van der Waals surface area contributed by atoms with Crippen molar-refractivity contribution in [2.45, 2.75) is 55.0 Å². The third-order valence-corrected chi connectivity index (χ3v) is 10.2. The Bertz CT molecular complexity index is 1600. The number of amides is 3. The number of benzene rings is 3. The van der Waals surface area contributed by atoms with Gasteiger partial charge in [0.2, 0.25) is 11.8 Å². The van der Waals surface area contributed by atoms with Gasteiger partial charge in [0.15, 0.2) is 6.61 Å². The summed E-state index contributed by atoms with van der Waals surface area (Å²) in [6.45, 7) is -0.802. The maximum atomic E-state index is 13.9. The van der Waals surface area contributed by atoms with Crippen LogP contribution in [-0.4, -0.2) is 64.1 Å². The van der Waals surface area contributed by atoms with Crippen molar-refractivity contribution >= 4 is 35.5 Å². The fraction of sp³-hybridized carbons (Fsp3) is 0.371. The van der Waals surface area contributed by atoms with Crippen LogP contribution in [0.1, 0.15) is 54.9 Å². The zero-order chi connectivity index (χ0) is 34.3. The van der Waals surface area contributed by atoms with Gasteiger partial charge in [-0.15, -0.1) is 11.8 Å². The lowest BCUT2D eigenvalue weighted by Gasteiger charge is -2.50. The Morgan fingerprint density at radius 3 is 2.06 bits per heavy atom. The van der Waals surface area contributed by atoms with Crippen LogP contribution in [0.2, 0.25) is 0 Å². The van der Waals surface area contributed by atoms with Crippen LogP contribution in [0.3, 0.4) is 0 Å². The van der Waals surface area contributed by atoms with Gasteiger partial charge in [0.25, 0.3) is 5.91 Å². The Morgan fingerprint density at radius 2 is 1.48 bits per heavy atom. The molecule has 2 aliphatic rings. The van der Waals surface area contributed by atoms with Gasteiger partial charge >= 0.3 is 5.97 Å². The number of halogens is 2. The summed E-state index contributed by atoms with van der Waals surface area (Å²) in [6.07, 6.45) is 3.39. The van der Waals surface area contributed by atoms with Gasteiger partial charge in [0, 0.05) is 5.75 Å². The topological polar surface area (TPSA) is 154 Å². The lowest BCUT2D eigenvalue weighted by Crippen LogP contribution is -2.69. The Labute approximate surface area is 280 Å². The van der Waals surface area contributed by atoms with Crippen molar-refractivity contribution in [1.82, 2.24) is 16.0 Å². The van der Waals surface area contributed by atoms with E-state index in [0.29, 0.717) is 22.4 Å². The first kappa shape index (κ1) is 34.8. The molecule has 1 aliphatic carbocycles. The number of carbonyl (C=O) groups excluding carboxylic acids is 3. The van der Waals surface area contributed by atoms with E-state index in [1.165, 1.54) is 48.2 Å². The molecule has 4 atom stereocenters. The number of rotatable bonds is 14. The average molecular weight is 682 g/mol. The predicted octanol–water partition coefficient (Wildman–Crippen LogP) is 3.82. The van der Waals surface area contributed by atoms with E-state index in [0.717, 1.165) is 32.1 Å². The fourth-order valence-corrected chi connectivity index (χ4v) is 7.56. The molecule has 3 amide bonds. The lowest BCUT2D eigenvalue weighted by atomic mass is 9.74. The summed E-state index contributed by atoms with van der Waals surface area (Å²) in [5, 5.41) is 27.5. The van der Waals surface area contributed by atoms with E-state index in [1.54, 1.807) is 36.4 Å². The first-order valence-electron chi connectivity index (χ1n) is 15.7. The summed E-state index contributed by atoms with van der Waals surface area (Å²) in [4.78, 5) is 49.4. The quantitative estimate of drug-likeness (QED) is 0.161. The molecular weight excluding hydrogens is 644 g/mol. The van der Waals surface area contributed by atoms with Crippen molar-refractivity contribution in [3.05, 3.63) is 101 Å². The van der Waals surface area contributed by atoms with Crippen LogP contribution in [-0.2, 0) is 24.7 Å². The first-order valence-corrected chi connectivity index (χ1v) is 16.8. The number of aliphatic hydroxyl groups excluding tert-OH is 1. The van der Waals surface area contributed by atoms with E-state index in [-0.39, 0.29) is 17.6 Å². The summed E-state index contributed by atoms with van der Waals surface area (Å²) in [7, 11) is 0. The van der Waals surface area contributed by atoms with E-state index < -0.39 is 65.5 Å². The number of carbonyl (C=O) groups is 4. The van der Waals surface area contributed by atoms with Crippen molar-refractivity contribution in [1.29, 1.82) is 0 Å². The number of thioether (sulfide) groups is 1. The van der Waals surface area contributed by atoms with Gasteiger partial charge in [-0.05, 0) is 71.8 Å². The summed E-state index contributed by atoms with van der Waals surface area (Å²) < 4.78 is 32.8. The lowest BCUT2D eigenvalue weighted by molar-refractivity contribution is -0.143. The van der Waals surface area contributed by atoms with Crippen LogP contribution in [0.15, 0.2) is 72.8 Å². The average Bonchev–Trinajstić information content (AvgIpc) is 3.08. The molecule has 1 heterocycles. The molecule has 0 radical (unpaired) electrons. The van der Waals surface area contributed by atoms with Crippen LogP contribution in [0.25, 0.3) is 0 Å².